The van der Waals surface area contributed by atoms with Crippen LogP contribution in [0.3, 0.4) is 0 Å². The van der Waals surface area contributed by atoms with Crippen LogP contribution in [0.25, 0.3) is 5.65 Å². The van der Waals surface area contributed by atoms with Crippen LogP contribution in [0.15, 0.2) is 52.6 Å². The van der Waals surface area contributed by atoms with Gasteiger partial charge in [0, 0.05) is 12.2 Å². The van der Waals surface area contributed by atoms with Crippen molar-refractivity contribution in [2.45, 2.75) is 23.0 Å². The molecule has 3 rings (SSSR count). The number of rotatable bonds is 3. The van der Waals surface area contributed by atoms with E-state index in [1.807, 2.05) is 41.8 Å². The lowest BCUT2D eigenvalue weighted by Gasteiger charge is -2.12. The van der Waals surface area contributed by atoms with Crippen LogP contribution in [0.2, 0.25) is 0 Å². The molecule has 102 valence electrons. The van der Waals surface area contributed by atoms with Crippen LogP contribution in [-0.2, 0) is 0 Å². The Kier molecular flexibility index (Phi) is 3.42. The quantitative estimate of drug-likeness (QED) is 0.805. The highest BCUT2D eigenvalue weighted by Gasteiger charge is 2.16. The Morgan fingerprint density at radius 3 is 2.85 bits per heavy atom. The average Bonchev–Trinajstić information content (AvgIpc) is 2.84. The van der Waals surface area contributed by atoms with E-state index in [4.69, 9.17) is 5.73 Å². The molecule has 2 heterocycles. The fraction of sp³-hybridized carbons (Fsp3) is 0.143. The van der Waals surface area contributed by atoms with Gasteiger partial charge in [-0.25, -0.2) is 4.39 Å². The van der Waals surface area contributed by atoms with Crippen LogP contribution in [0.5, 0.6) is 0 Å². The lowest BCUT2D eigenvalue weighted by atomic mass is 10.1. The molecule has 0 aliphatic rings. The maximum absolute atomic E-state index is 14.1. The second-order valence-electron chi connectivity index (χ2n) is 4.46. The monoisotopic (exact) mass is 288 g/mol. The number of benzene rings is 1. The second kappa shape index (κ2) is 5.22. The first kappa shape index (κ1) is 13.1. The predicted octanol–water partition coefficient (Wildman–Crippen LogP) is 3.04. The molecule has 1 aromatic carbocycles. The first-order valence-corrected chi connectivity index (χ1v) is 7.00. The molecular weight excluding hydrogens is 275 g/mol. The SMILES string of the molecule is CC(N)c1cccc(F)c1Sc1nnc2ccccn12. The molecular formula is C14H13FN4S. The van der Waals surface area contributed by atoms with E-state index in [1.54, 1.807) is 6.07 Å². The Bertz CT molecular complexity index is 754. The summed E-state index contributed by atoms with van der Waals surface area (Å²) in [5.41, 5.74) is 7.40. The predicted molar refractivity (Wildman–Crippen MR) is 76.1 cm³/mol. The summed E-state index contributed by atoms with van der Waals surface area (Å²) in [6, 6.07) is 10.3. The minimum atomic E-state index is -0.294. The standard InChI is InChI=1S/C14H13FN4S/c1-9(16)10-5-4-6-11(15)13(10)20-14-18-17-12-7-2-3-8-19(12)14/h2-9H,16H2,1H3. The summed E-state index contributed by atoms with van der Waals surface area (Å²) in [6.45, 7) is 1.83. The maximum Gasteiger partial charge on any atom is 0.200 e. The molecule has 0 aliphatic heterocycles. The van der Waals surface area contributed by atoms with Gasteiger partial charge in [0.1, 0.15) is 5.82 Å². The van der Waals surface area contributed by atoms with Gasteiger partial charge >= 0.3 is 0 Å². The maximum atomic E-state index is 14.1. The van der Waals surface area contributed by atoms with E-state index in [1.165, 1.54) is 17.8 Å². The molecule has 3 aromatic rings. The number of nitrogens with zero attached hydrogens (tertiary/aromatic N) is 3. The molecule has 1 atom stereocenters. The van der Waals surface area contributed by atoms with Gasteiger partial charge in [0.15, 0.2) is 5.65 Å². The van der Waals surface area contributed by atoms with Crippen LogP contribution >= 0.6 is 11.8 Å². The number of halogens is 1. The Morgan fingerprint density at radius 2 is 2.05 bits per heavy atom. The molecule has 0 fully saturated rings. The van der Waals surface area contributed by atoms with Crippen molar-refractivity contribution < 1.29 is 4.39 Å². The molecule has 20 heavy (non-hydrogen) atoms. The molecule has 0 bridgehead atoms. The minimum absolute atomic E-state index is 0.243. The van der Waals surface area contributed by atoms with Crippen molar-refractivity contribution in [1.82, 2.24) is 14.6 Å². The van der Waals surface area contributed by atoms with Crippen LogP contribution in [-0.4, -0.2) is 14.6 Å². The Balaban J connectivity index is 2.07. The van der Waals surface area contributed by atoms with Crippen LogP contribution in [0.4, 0.5) is 4.39 Å². The van der Waals surface area contributed by atoms with E-state index in [2.05, 4.69) is 10.2 Å². The summed E-state index contributed by atoms with van der Waals surface area (Å²) in [4.78, 5) is 0.501. The summed E-state index contributed by atoms with van der Waals surface area (Å²) in [7, 11) is 0. The highest BCUT2D eigenvalue weighted by Crippen LogP contribution is 2.33. The first-order valence-electron chi connectivity index (χ1n) is 6.18. The third kappa shape index (κ3) is 2.28. The van der Waals surface area contributed by atoms with Crippen LogP contribution < -0.4 is 5.73 Å². The molecule has 2 aromatic heterocycles. The van der Waals surface area contributed by atoms with E-state index in [0.29, 0.717) is 10.1 Å². The average molecular weight is 288 g/mol. The zero-order valence-electron chi connectivity index (χ0n) is 10.8. The van der Waals surface area contributed by atoms with Crippen LogP contribution in [0, 0.1) is 5.82 Å². The molecule has 0 spiro atoms. The summed E-state index contributed by atoms with van der Waals surface area (Å²) in [6.07, 6.45) is 1.85. The Hall–Kier alpha value is -1.92. The van der Waals surface area contributed by atoms with E-state index in [-0.39, 0.29) is 11.9 Å². The zero-order chi connectivity index (χ0) is 14.1. The number of aromatic nitrogens is 3. The topological polar surface area (TPSA) is 56.2 Å². The first-order chi connectivity index (χ1) is 9.66. The Morgan fingerprint density at radius 1 is 1.20 bits per heavy atom. The molecule has 4 nitrogen and oxygen atoms in total. The molecule has 0 saturated carbocycles. The summed E-state index contributed by atoms with van der Waals surface area (Å²) < 4.78 is 15.9. The zero-order valence-corrected chi connectivity index (χ0v) is 11.6. The van der Waals surface area contributed by atoms with Crippen molar-refractivity contribution in [3.8, 4) is 0 Å². The molecule has 6 heteroatoms. The van der Waals surface area contributed by atoms with Gasteiger partial charge in [-0.2, -0.15) is 0 Å². The molecule has 1 unspecified atom stereocenters. The number of fused-ring (bicyclic) bond motifs is 1. The van der Waals surface area contributed by atoms with Gasteiger partial charge in [0.25, 0.3) is 0 Å². The highest BCUT2D eigenvalue weighted by atomic mass is 32.2. The molecule has 0 aliphatic carbocycles. The smallest absolute Gasteiger partial charge is 0.200 e. The number of hydrogen-bond donors (Lipinski definition) is 1. The largest absolute Gasteiger partial charge is 0.324 e. The minimum Gasteiger partial charge on any atom is -0.324 e. The Labute approximate surface area is 119 Å². The summed E-state index contributed by atoms with van der Waals surface area (Å²) in [5, 5.41) is 8.78. The molecule has 0 amide bonds. The molecule has 0 radical (unpaired) electrons. The van der Waals surface area contributed by atoms with Gasteiger partial charge in [-0.15, -0.1) is 10.2 Å². The van der Waals surface area contributed by atoms with Crippen molar-refractivity contribution >= 4 is 17.4 Å². The van der Waals surface area contributed by atoms with Gasteiger partial charge in [0.05, 0.1) is 4.90 Å². The van der Waals surface area contributed by atoms with Gasteiger partial charge in [-0.3, -0.25) is 4.40 Å². The number of hydrogen-bond acceptors (Lipinski definition) is 4. The van der Waals surface area contributed by atoms with Gasteiger partial charge < -0.3 is 5.73 Å². The lowest BCUT2D eigenvalue weighted by Crippen LogP contribution is -2.07. The van der Waals surface area contributed by atoms with Gasteiger partial charge in [-0.05, 0) is 42.4 Å². The fourth-order valence-electron chi connectivity index (χ4n) is 1.97. The van der Waals surface area contributed by atoms with Crippen molar-refractivity contribution in [3.63, 3.8) is 0 Å². The van der Waals surface area contributed by atoms with Crippen LogP contribution in [0.1, 0.15) is 18.5 Å². The van der Waals surface area contributed by atoms with Crippen molar-refractivity contribution in [2.75, 3.05) is 0 Å². The van der Waals surface area contributed by atoms with Gasteiger partial charge in [-0.1, -0.05) is 18.2 Å². The van der Waals surface area contributed by atoms with Crippen molar-refractivity contribution in [3.05, 3.63) is 54.0 Å². The van der Waals surface area contributed by atoms with Crippen molar-refractivity contribution in [1.29, 1.82) is 0 Å². The summed E-state index contributed by atoms with van der Waals surface area (Å²) in [5.74, 6) is -0.294. The summed E-state index contributed by atoms with van der Waals surface area (Å²) >= 11 is 1.24. The molecule has 0 saturated heterocycles. The normalized spacial score (nSPS) is 12.8. The second-order valence-corrected chi connectivity index (χ2v) is 5.44. The number of nitrogens with two attached hydrogens (primary N) is 1. The van der Waals surface area contributed by atoms with Crippen molar-refractivity contribution in [2.24, 2.45) is 5.73 Å². The third-order valence-electron chi connectivity index (χ3n) is 2.96. The number of pyridine rings is 1. The van der Waals surface area contributed by atoms with E-state index >= 15 is 0 Å². The van der Waals surface area contributed by atoms with E-state index in [0.717, 1.165) is 11.2 Å². The third-order valence-corrected chi connectivity index (χ3v) is 4.06. The molecule has 2 N–H and O–H groups in total. The lowest BCUT2D eigenvalue weighted by molar-refractivity contribution is 0.591. The van der Waals surface area contributed by atoms with E-state index < -0.39 is 0 Å². The highest BCUT2D eigenvalue weighted by molar-refractivity contribution is 7.99. The van der Waals surface area contributed by atoms with Gasteiger partial charge in [0.2, 0.25) is 5.16 Å². The fourth-order valence-corrected chi connectivity index (χ4v) is 3.03. The van der Waals surface area contributed by atoms with E-state index in [9.17, 15) is 4.39 Å².